The molecule has 3 atom stereocenters. The Kier molecular flexibility index (Phi) is 5.42. The molecule has 38 heavy (non-hydrogen) atoms. The first-order chi connectivity index (χ1) is 17.7. The number of nitrogens with two attached hydrogens (primary N) is 1. The molecule has 1 fully saturated rings. The smallest absolute Gasteiger partial charge is 0.255 e. The summed E-state index contributed by atoms with van der Waals surface area (Å²) in [6, 6.07) is 1.68. The van der Waals surface area contributed by atoms with Gasteiger partial charge >= 0.3 is 0 Å². The van der Waals surface area contributed by atoms with E-state index in [2.05, 4.69) is 0 Å². The Balaban J connectivity index is 1.76. The van der Waals surface area contributed by atoms with Crippen molar-refractivity contribution in [1.29, 1.82) is 0 Å². The lowest BCUT2D eigenvalue weighted by Crippen LogP contribution is -2.58. The van der Waals surface area contributed by atoms with Gasteiger partial charge in [0.25, 0.3) is 5.91 Å². The molecule has 0 saturated heterocycles. The summed E-state index contributed by atoms with van der Waals surface area (Å²) in [5.41, 5.74) is -1.97. The van der Waals surface area contributed by atoms with Crippen molar-refractivity contribution in [3.8, 4) is 16.9 Å². The summed E-state index contributed by atoms with van der Waals surface area (Å²) in [5.74, 6) is -20.2. The second-order valence-electron chi connectivity index (χ2n) is 9.34. The highest BCUT2D eigenvalue weighted by atomic mass is 19.2. The van der Waals surface area contributed by atoms with E-state index in [-0.39, 0.29) is 12.0 Å². The van der Waals surface area contributed by atoms with E-state index in [1.807, 2.05) is 0 Å². The molecule has 0 spiro atoms. The van der Waals surface area contributed by atoms with Crippen LogP contribution in [0.15, 0.2) is 29.0 Å². The van der Waals surface area contributed by atoms with Gasteiger partial charge in [0.2, 0.25) is 11.6 Å². The predicted molar refractivity (Wildman–Crippen MR) is 117 cm³/mol. The average molecular weight is 537 g/mol. The minimum Gasteiger partial charge on any atom is -0.508 e. The summed E-state index contributed by atoms with van der Waals surface area (Å²) in [7, 11) is 0. The van der Waals surface area contributed by atoms with E-state index in [4.69, 9.17) is 5.73 Å². The van der Waals surface area contributed by atoms with Gasteiger partial charge in [-0.05, 0) is 36.0 Å². The molecule has 8 nitrogen and oxygen atoms in total. The summed E-state index contributed by atoms with van der Waals surface area (Å²) in [4.78, 5) is 37.5. The maximum Gasteiger partial charge on any atom is 0.255 e. The number of phenolic OH excluding ortho intramolecular Hbond substituents is 1. The Morgan fingerprint density at radius 3 is 2.05 bits per heavy atom. The first kappa shape index (κ1) is 25.4. The fourth-order valence-electron chi connectivity index (χ4n) is 5.70. The number of hydrogen-bond donors (Lipinski definition) is 5. The zero-order chi connectivity index (χ0) is 28.0. The third-order valence-electron chi connectivity index (χ3n) is 7.43. The number of ketones is 2. The molecule has 2 aromatic rings. The van der Waals surface area contributed by atoms with Crippen LogP contribution in [-0.4, -0.2) is 43.5 Å². The molecule has 0 unspecified atom stereocenters. The molecule has 1 saturated carbocycles. The Morgan fingerprint density at radius 2 is 1.47 bits per heavy atom. The van der Waals surface area contributed by atoms with E-state index in [1.165, 1.54) is 0 Å². The largest absolute Gasteiger partial charge is 0.508 e. The Bertz CT molecular complexity index is 1550. The lowest BCUT2D eigenvalue weighted by atomic mass is 9.59. The minimum atomic E-state index is -2.83. The van der Waals surface area contributed by atoms with Crippen molar-refractivity contribution in [2.24, 2.45) is 17.6 Å². The Hall–Kier alpha value is -4.26. The van der Waals surface area contributed by atoms with Crippen LogP contribution in [0.25, 0.3) is 16.9 Å². The Morgan fingerprint density at radius 1 is 0.895 bits per heavy atom. The van der Waals surface area contributed by atoms with Gasteiger partial charge in [0.15, 0.2) is 34.7 Å². The molecule has 0 aliphatic heterocycles. The van der Waals surface area contributed by atoms with Gasteiger partial charge < -0.3 is 26.2 Å². The number of halogens is 5. The van der Waals surface area contributed by atoms with E-state index < -0.39 is 122 Å². The van der Waals surface area contributed by atoms with Crippen molar-refractivity contribution in [3.63, 3.8) is 0 Å². The predicted octanol–water partition coefficient (Wildman–Crippen LogP) is 2.79. The number of carbonyl (C=O) groups excluding carboxylic acids is 3. The number of phenols is 1. The maximum absolute atomic E-state index is 14.7. The number of carbonyl (C=O) groups is 3. The number of aliphatic hydroxyl groups is 3. The normalized spacial score (nSPS) is 24.8. The van der Waals surface area contributed by atoms with Gasteiger partial charge in [0.05, 0.1) is 11.1 Å². The number of Topliss-reactive ketones (excluding diaryl/α,β-unsaturated/α-hetero) is 2. The molecule has 198 valence electrons. The molecule has 0 heterocycles. The van der Waals surface area contributed by atoms with Crippen molar-refractivity contribution in [1.82, 2.24) is 0 Å². The van der Waals surface area contributed by atoms with Gasteiger partial charge in [-0.3, -0.25) is 14.4 Å². The van der Waals surface area contributed by atoms with E-state index >= 15 is 0 Å². The van der Waals surface area contributed by atoms with E-state index in [9.17, 15) is 56.8 Å². The van der Waals surface area contributed by atoms with Crippen LogP contribution >= 0.6 is 0 Å². The van der Waals surface area contributed by atoms with Gasteiger partial charge in [0.1, 0.15) is 22.8 Å². The molecule has 2 aromatic carbocycles. The maximum atomic E-state index is 14.7. The SMILES string of the molecule is NC(=O)C1=C(O)[C@@]2(O)C(=O)C3=C(O)c4c(O)ccc(-c5c(F)c(F)c(F)c(F)c5F)c4C[C@H]3C[C@H]2CC1=O. The second-order valence-corrected chi connectivity index (χ2v) is 9.34. The summed E-state index contributed by atoms with van der Waals surface area (Å²) in [6.45, 7) is 0. The van der Waals surface area contributed by atoms with Crippen LogP contribution < -0.4 is 5.73 Å². The minimum absolute atomic E-state index is 0.266. The standard InChI is InChI=1S/C25H16F5NO7/c26-16-14(17(27)19(29)20(30)18(16)28)8-1-2-10(32)13-9(8)4-6-3-7-5-11(33)15(24(31)37)23(36)25(7,38)22(35)12(6)21(13)34/h1-2,6-7,32,34,36,38H,3-5H2,(H2,31,37)/t6-,7+,25+/m1/s1. The van der Waals surface area contributed by atoms with E-state index in [0.29, 0.717) is 0 Å². The number of aromatic hydroxyl groups is 1. The van der Waals surface area contributed by atoms with Crippen LogP contribution in [0.5, 0.6) is 5.75 Å². The van der Waals surface area contributed by atoms with Gasteiger partial charge in [0, 0.05) is 17.9 Å². The quantitative estimate of drug-likeness (QED) is 0.171. The Labute approximate surface area is 209 Å². The lowest BCUT2D eigenvalue weighted by Gasteiger charge is -2.46. The monoisotopic (exact) mass is 537 g/mol. The summed E-state index contributed by atoms with van der Waals surface area (Å²) < 4.78 is 70.8. The number of hydrogen-bond acceptors (Lipinski definition) is 7. The molecule has 6 N–H and O–H groups in total. The summed E-state index contributed by atoms with van der Waals surface area (Å²) in [5, 5.41) is 43.2. The van der Waals surface area contributed by atoms with Gasteiger partial charge in [-0.15, -0.1) is 0 Å². The highest BCUT2D eigenvalue weighted by Crippen LogP contribution is 2.53. The van der Waals surface area contributed by atoms with Gasteiger partial charge in [-0.2, -0.15) is 0 Å². The molecular formula is C25H16F5NO7. The number of benzene rings is 2. The first-order valence-electron chi connectivity index (χ1n) is 11.1. The van der Waals surface area contributed by atoms with Crippen molar-refractivity contribution >= 4 is 23.2 Å². The van der Waals surface area contributed by atoms with Crippen LogP contribution in [0.3, 0.4) is 0 Å². The van der Waals surface area contributed by atoms with Crippen LogP contribution in [0.4, 0.5) is 22.0 Å². The van der Waals surface area contributed by atoms with Crippen molar-refractivity contribution in [3.05, 3.63) is 69.3 Å². The molecule has 0 radical (unpaired) electrons. The first-order valence-corrected chi connectivity index (χ1v) is 11.1. The lowest BCUT2D eigenvalue weighted by molar-refractivity contribution is -0.147. The number of rotatable bonds is 2. The molecular weight excluding hydrogens is 521 g/mol. The molecule has 0 bridgehead atoms. The number of primary amides is 1. The van der Waals surface area contributed by atoms with Crippen molar-refractivity contribution in [2.75, 3.05) is 0 Å². The van der Waals surface area contributed by atoms with Crippen LogP contribution in [0, 0.1) is 40.9 Å². The van der Waals surface area contributed by atoms with Crippen molar-refractivity contribution < 1.29 is 56.8 Å². The zero-order valence-corrected chi connectivity index (χ0v) is 18.9. The number of aliphatic hydroxyl groups excluding tert-OH is 2. The van der Waals surface area contributed by atoms with E-state index in [0.717, 1.165) is 12.1 Å². The molecule has 0 aromatic heterocycles. The van der Waals surface area contributed by atoms with Crippen LogP contribution in [0.1, 0.15) is 24.0 Å². The third kappa shape index (κ3) is 3.08. The molecule has 3 aliphatic rings. The molecule has 1 amide bonds. The number of fused-ring (bicyclic) bond motifs is 3. The highest BCUT2D eigenvalue weighted by Gasteiger charge is 2.60. The summed E-state index contributed by atoms with van der Waals surface area (Å²) >= 11 is 0. The fraction of sp³-hybridized carbons (Fsp3) is 0.240. The molecule has 13 heteroatoms. The van der Waals surface area contributed by atoms with E-state index in [1.54, 1.807) is 0 Å². The second kappa shape index (κ2) is 8.12. The zero-order valence-electron chi connectivity index (χ0n) is 18.9. The topological polar surface area (TPSA) is 158 Å². The highest BCUT2D eigenvalue weighted by molar-refractivity contribution is 6.22. The van der Waals surface area contributed by atoms with Crippen LogP contribution in [0.2, 0.25) is 0 Å². The molecule has 3 aliphatic carbocycles. The molecule has 5 rings (SSSR count). The van der Waals surface area contributed by atoms with Crippen LogP contribution in [-0.2, 0) is 20.8 Å². The number of amides is 1. The third-order valence-corrected chi connectivity index (χ3v) is 7.43. The summed E-state index contributed by atoms with van der Waals surface area (Å²) in [6.07, 6.45) is -1.31. The average Bonchev–Trinajstić information content (AvgIpc) is 2.85. The van der Waals surface area contributed by atoms with Gasteiger partial charge in [-0.25, -0.2) is 22.0 Å². The van der Waals surface area contributed by atoms with Crippen molar-refractivity contribution in [2.45, 2.75) is 24.9 Å². The van der Waals surface area contributed by atoms with Gasteiger partial charge in [-0.1, -0.05) is 6.07 Å². The fourth-order valence-corrected chi connectivity index (χ4v) is 5.70.